The Hall–Kier alpha value is -0.300. The molecule has 0 aliphatic rings. The first kappa shape index (κ1) is 18.7. The minimum atomic E-state index is 1.19. The fraction of sp³-hybridized carbons (Fsp3) is 0.889. The van der Waals surface area contributed by atoms with Crippen LogP contribution in [0.4, 0.5) is 0 Å². The molecule has 0 aromatic heterocycles. The lowest BCUT2D eigenvalue weighted by atomic mass is 10.1. The number of hydrogen-bond acceptors (Lipinski definition) is 1. The molecule has 0 atom stereocenters. The van der Waals surface area contributed by atoms with Crippen molar-refractivity contribution in [3.05, 3.63) is 12.7 Å². The second-order valence-electron chi connectivity index (χ2n) is 5.72. The van der Waals surface area contributed by atoms with Crippen molar-refractivity contribution < 1.29 is 0 Å². The van der Waals surface area contributed by atoms with Gasteiger partial charge in [0.15, 0.2) is 0 Å². The summed E-state index contributed by atoms with van der Waals surface area (Å²) in [7, 11) is 0. The topological polar surface area (TPSA) is 12.0 Å². The van der Waals surface area contributed by atoms with Crippen LogP contribution in [0, 0.1) is 0 Å². The normalized spacial score (nSPS) is 10.8. The van der Waals surface area contributed by atoms with E-state index >= 15 is 0 Å². The van der Waals surface area contributed by atoms with E-state index in [2.05, 4.69) is 18.8 Å². The van der Waals surface area contributed by atoms with Crippen LogP contribution >= 0.6 is 0 Å². The highest BCUT2D eigenvalue weighted by molar-refractivity contribution is 4.65. The van der Waals surface area contributed by atoms with Gasteiger partial charge < -0.3 is 5.32 Å². The highest BCUT2D eigenvalue weighted by Gasteiger charge is 1.92. The molecule has 0 aromatic carbocycles. The van der Waals surface area contributed by atoms with Gasteiger partial charge in [0.25, 0.3) is 0 Å². The molecule has 0 amide bonds. The Morgan fingerprint density at radius 2 is 1.16 bits per heavy atom. The lowest BCUT2D eigenvalue weighted by Gasteiger charge is -2.05. The van der Waals surface area contributed by atoms with Gasteiger partial charge in [-0.1, -0.05) is 70.8 Å². The molecular weight excluding hydrogens is 230 g/mol. The zero-order chi connectivity index (χ0) is 14.0. The van der Waals surface area contributed by atoms with Gasteiger partial charge in [-0.25, -0.2) is 0 Å². The maximum absolute atomic E-state index is 3.76. The van der Waals surface area contributed by atoms with Crippen LogP contribution in [0.3, 0.4) is 0 Å². The molecule has 0 radical (unpaired) electrons. The van der Waals surface area contributed by atoms with Crippen molar-refractivity contribution in [2.24, 2.45) is 0 Å². The average Bonchev–Trinajstić information content (AvgIpc) is 2.43. The van der Waals surface area contributed by atoms with Gasteiger partial charge in [-0.2, -0.15) is 0 Å². The van der Waals surface area contributed by atoms with Gasteiger partial charge in [0.1, 0.15) is 0 Å². The molecular formula is C18H37N. The summed E-state index contributed by atoms with van der Waals surface area (Å²) < 4.78 is 0. The molecule has 19 heavy (non-hydrogen) atoms. The SMILES string of the molecule is C=CCCCCCCCCNCCCCCCCC. The van der Waals surface area contributed by atoms with E-state index < -0.39 is 0 Å². The molecule has 0 aliphatic heterocycles. The molecule has 0 saturated carbocycles. The third kappa shape index (κ3) is 17.7. The summed E-state index contributed by atoms with van der Waals surface area (Å²) in [5.74, 6) is 0. The molecule has 0 spiro atoms. The maximum atomic E-state index is 3.76. The van der Waals surface area contributed by atoms with Gasteiger partial charge >= 0.3 is 0 Å². The summed E-state index contributed by atoms with van der Waals surface area (Å²) in [6.45, 7) is 8.49. The lowest BCUT2D eigenvalue weighted by Crippen LogP contribution is -2.16. The molecule has 0 heterocycles. The van der Waals surface area contributed by atoms with E-state index in [0.29, 0.717) is 0 Å². The summed E-state index contributed by atoms with van der Waals surface area (Å²) >= 11 is 0. The summed E-state index contributed by atoms with van der Waals surface area (Å²) in [6, 6.07) is 0. The quantitative estimate of drug-likeness (QED) is 0.273. The van der Waals surface area contributed by atoms with Gasteiger partial charge in [-0.05, 0) is 38.8 Å². The smallest absolute Gasteiger partial charge is 0.00489 e. The van der Waals surface area contributed by atoms with Gasteiger partial charge in [-0.3, -0.25) is 0 Å². The Kier molecular flexibility index (Phi) is 17.4. The molecule has 0 bridgehead atoms. The average molecular weight is 268 g/mol. The second-order valence-corrected chi connectivity index (χ2v) is 5.72. The second kappa shape index (κ2) is 17.7. The lowest BCUT2D eigenvalue weighted by molar-refractivity contribution is 0.541. The van der Waals surface area contributed by atoms with E-state index in [9.17, 15) is 0 Å². The Morgan fingerprint density at radius 3 is 1.68 bits per heavy atom. The Bertz CT molecular complexity index is 165. The van der Waals surface area contributed by atoms with Gasteiger partial charge in [0.05, 0.1) is 0 Å². The first-order valence-corrected chi connectivity index (χ1v) is 8.73. The van der Waals surface area contributed by atoms with Crippen LogP contribution in [0.5, 0.6) is 0 Å². The first-order valence-electron chi connectivity index (χ1n) is 8.73. The molecule has 1 N–H and O–H groups in total. The molecule has 0 rings (SSSR count). The number of unbranched alkanes of at least 4 members (excludes halogenated alkanes) is 11. The predicted octanol–water partition coefficient (Wildman–Crippen LogP) is 5.85. The summed E-state index contributed by atoms with van der Waals surface area (Å²) in [6.07, 6.45) is 19.9. The highest BCUT2D eigenvalue weighted by Crippen LogP contribution is 2.07. The molecule has 0 saturated heterocycles. The third-order valence-electron chi connectivity index (χ3n) is 3.72. The zero-order valence-corrected chi connectivity index (χ0v) is 13.4. The summed E-state index contributed by atoms with van der Waals surface area (Å²) in [4.78, 5) is 0. The van der Waals surface area contributed by atoms with E-state index in [-0.39, 0.29) is 0 Å². The van der Waals surface area contributed by atoms with Crippen LogP contribution < -0.4 is 5.32 Å². The van der Waals surface area contributed by atoms with Crippen LogP contribution in [-0.4, -0.2) is 13.1 Å². The third-order valence-corrected chi connectivity index (χ3v) is 3.72. The molecule has 0 aromatic rings. The van der Waals surface area contributed by atoms with Crippen LogP contribution in [0.1, 0.15) is 90.4 Å². The van der Waals surface area contributed by atoms with Crippen LogP contribution in [0.25, 0.3) is 0 Å². The summed E-state index contributed by atoms with van der Waals surface area (Å²) in [5, 5.41) is 3.57. The molecule has 1 heteroatoms. The highest BCUT2D eigenvalue weighted by atomic mass is 14.8. The Morgan fingerprint density at radius 1 is 0.684 bits per heavy atom. The summed E-state index contributed by atoms with van der Waals surface area (Å²) in [5.41, 5.74) is 0. The van der Waals surface area contributed by atoms with Crippen molar-refractivity contribution in [1.29, 1.82) is 0 Å². The Balaban J connectivity index is 2.89. The van der Waals surface area contributed by atoms with Crippen molar-refractivity contribution in [3.8, 4) is 0 Å². The van der Waals surface area contributed by atoms with Crippen molar-refractivity contribution in [2.75, 3.05) is 13.1 Å². The fourth-order valence-electron chi connectivity index (χ4n) is 2.40. The number of rotatable bonds is 16. The molecule has 0 aliphatic carbocycles. The van der Waals surface area contributed by atoms with Crippen molar-refractivity contribution in [3.63, 3.8) is 0 Å². The maximum Gasteiger partial charge on any atom is -0.00489 e. The number of hydrogen-bond donors (Lipinski definition) is 1. The minimum absolute atomic E-state index is 1.19. The molecule has 1 nitrogen and oxygen atoms in total. The zero-order valence-electron chi connectivity index (χ0n) is 13.4. The van der Waals surface area contributed by atoms with Gasteiger partial charge in [-0.15, -0.1) is 6.58 Å². The number of allylic oxidation sites excluding steroid dienone is 1. The standard InChI is InChI=1S/C18H37N/c1-3-5-7-9-11-12-14-16-18-19-17-15-13-10-8-6-4-2/h3,19H,1,4-18H2,2H3. The molecule has 0 unspecified atom stereocenters. The van der Waals surface area contributed by atoms with Crippen molar-refractivity contribution >= 4 is 0 Å². The van der Waals surface area contributed by atoms with Crippen LogP contribution in [-0.2, 0) is 0 Å². The largest absolute Gasteiger partial charge is 0.317 e. The Labute approximate surface area is 122 Å². The van der Waals surface area contributed by atoms with Gasteiger partial charge in [0, 0.05) is 0 Å². The molecule has 114 valence electrons. The predicted molar refractivity (Wildman–Crippen MR) is 88.8 cm³/mol. The van der Waals surface area contributed by atoms with E-state index in [1.54, 1.807) is 0 Å². The monoisotopic (exact) mass is 267 g/mol. The molecule has 0 fully saturated rings. The fourth-order valence-corrected chi connectivity index (χ4v) is 2.40. The van der Waals surface area contributed by atoms with Crippen LogP contribution in [0.15, 0.2) is 12.7 Å². The van der Waals surface area contributed by atoms with Crippen LogP contribution in [0.2, 0.25) is 0 Å². The van der Waals surface area contributed by atoms with Crippen molar-refractivity contribution in [2.45, 2.75) is 90.4 Å². The number of nitrogens with one attached hydrogen (secondary N) is 1. The van der Waals surface area contributed by atoms with E-state index in [1.165, 1.54) is 96.6 Å². The van der Waals surface area contributed by atoms with Gasteiger partial charge in [0.2, 0.25) is 0 Å². The minimum Gasteiger partial charge on any atom is -0.317 e. The van der Waals surface area contributed by atoms with Crippen molar-refractivity contribution in [1.82, 2.24) is 5.32 Å². The first-order chi connectivity index (χ1) is 9.41. The van der Waals surface area contributed by atoms with E-state index in [0.717, 1.165) is 0 Å². The van der Waals surface area contributed by atoms with E-state index in [4.69, 9.17) is 0 Å². The van der Waals surface area contributed by atoms with E-state index in [1.807, 2.05) is 6.08 Å².